The molecule has 0 aliphatic heterocycles. The largest absolute Gasteiger partial charge is 0.313 e. The molecule has 0 saturated carbocycles. The molecule has 0 aliphatic rings. The highest BCUT2D eigenvalue weighted by Gasteiger charge is 1.97. The highest BCUT2D eigenvalue weighted by molar-refractivity contribution is 7.80. The van der Waals surface area contributed by atoms with Crippen LogP contribution in [0.2, 0.25) is 0 Å². The Labute approximate surface area is 84.0 Å². The molecule has 0 aliphatic carbocycles. The molecular weight excluding hydrogens is 182 g/mol. The van der Waals surface area contributed by atoms with Gasteiger partial charge < -0.3 is 4.57 Å². The minimum atomic E-state index is 0.0964. The van der Waals surface area contributed by atoms with Crippen molar-refractivity contribution in [3.8, 4) is 0 Å². The van der Waals surface area contributed by atoms with Crippen LogP contribution in [0.25, 0.3) is 0 Å². The Bertz CT molecular complexity index is 319. The number of aryl methyl sites for hydroxylation is 1. The minimum absolute atomic E-state index is 0.0964. The number of unbranched alkanes of at least 4 members (excludes halogenated alkanes) is 1. The van der Waals surface area contributed by atoms with Gasteiger partial charge in [0.25, 0.3) is 5.56 Å². The first-order valence-electron chi connectivity index (χ1n) is 4.53. The quantitative estimate of drug-likeness (QED) is 0.577. The SMILES string of the molecule is Cc1cccc(=O)n1CCCCS. The molecule has 13 heavy (non-hydrogen) atoms. The van der Waals surface area contributed by atoms with Gasteiger partial charge in [-0.15, -0.1) is 0 Å². The third-order valence-electron chi connectivity index (χ3n) is 2.06. The third kappa shape index (κ3) is 2.92. The van der Waals surface area contributed by atoms with E-state index < -0.39 is 0 Å². The smallest absolute Gasteiger partial charge is 0.250 e. The maximum atomic E-state index is 11.4. The molecule has 0 aromatic carbocycles. The zero-order valence-electron chi connectivity index (χ0n) is 7.86. The number of hydrogen-bond acceptors (Lipinski definition) is 2. The Hall–Kier alpha value is -0.700. The van der Waals surface area contributed by atoms with Crippen molar-refractivity contribution >= 4 is 12.6 Å². The van der Waals surface area contributed by atoms with Crippen LogP contribution in [-0.4, -0.2) is 10.3 Å². The molecule has 3 heteroatoms. The zero-order chi connectivity index (χ0) is 9.68. The number of nitrogens with zero attached hydrogens (tertiary/aromatic N) is 1. The first kappa shape index (κ1) is 10.4. The second-order valence-corrected chi connectivity index (χ2v) is 3.53. The van der Waals surface area contributed by atoms with Gasteiger partial charge in [-0.2, -0.15) is 12.6 Å². The Balaban J connectivity index is 2.70. The van der Waals surface area contributed by atoms with Crippen LogP contribution < -0.4 is 5.56 Å². The molecule has 0 atom stereocenters. The summed E-state index contributed by atoms with van der Waals surface area (Å²) in [7, 11) is 0. The highest BCUT2D eigenvalue weighted by atomic mass is 32.1. The summed E-state index contributed by atoms with van der Waals surface area (Å²) in [4.78, 5) is 11.4. The fraction of sp³-hybridized carbons (Fsp3) is 0.500. The Morgan fingerprint density at radius 1 is 1.38 bits per heavy atom. The summed E-state index contributed by atoms with van der Waals surface area (Å²) >= 11 is 4.13. The fourth-order valence-electron chi connectivity index (χ4n) is 1.29. The van der Waals surface area contributed by atoms with Gasteiger partial charge in [0.05, 0.1) is 0 Å². The Morgan fingerprint density at radius 3 is 2.77 bits per heavy atom. The van der Waals surface area contributed by atoms with Crippen LogP contribution in [0.15, 0.2) is 23.0 Å². The van der Waals surface area contributed by atoms with E-state index in [-0.39, 0.29) is 5.56 Å². The van der Waals surface area contributed by atoms with Crippen molar-refractivity contribution in [1.82, 2.24) is 4.57 Å². The summed E-state index contributed by atoms with van der Waals surface area (Å²) in [6.07, 6.45) is 2.08. The van der Waals surface area contributed by atoms with E-state index in [1.807, 2.05) is 17.6 Å². The molecule has 0 unspecified atom stereocenters. The summed E-state index contributed by atoms with van der Waals surface area (Å²) in [6.45, 7) is 2.77. The van der Waals surface area contributed by atoms with Crippen molar-refractivity contribution in [2.45, 2.75) is 26.3 Å². The van der Waals surface area contributed by atoms with Crippen molar-refractivity contribution in [2.24, 2.45) is 0 Å². The first-order chi connectivity index (χ1) is 6.25. The molecule has 1 aromatic heterocycles. The van der Waals surface area contributed by atoms with Gasteiger partial charge in [0.15, 0.2) is 0 Å². The van der Waals surface area contributed by atoms with Crippen molar-refractivity contribution in [1.29, 1.82) is 0 Å². The standard InChI is InChI=1S/C10H15NOS/c1-9-5-4-6-10(12)11(9)7-2-3-8-13/h4-6,13H,2-3,7-8H2,1H3. The molecule has 0 spiro atoms. The summed E-state index contributed by atoms with van der Waals surface area (Å²) in [5.41, 5.74) is 1.13. The van der Waals surface area contributed by atoms with Crippen LogP contribution in [-0.2, 0) is 6.54 Å². The number of pyridine rings is 1. The third-order valence-corrected chi connectivity index (χ3v) is 2.37. The van der Waals surface area contributed by atoms with Crippen molar-refractivity contribution in [3.63, 3.8) is 0 Å². The van der Waals surface area contributed by atoms with Crippen LogP contribution in [0.1, 0.15) is 18.5 Å². The molecule has 0 radical (unpaired) electrons. The molecule has 1 heterocycles. The van der Waals surface area contributed by atoms with Crippen LogP contribution >= 0.6 is 12.6 Å². The molecule has 0 N–H and O–H groups in total. The zero-order valence-corrected chi connectivity index (χ0v) is 8.76. The van der Waals surface area contributed by atoms with E-state index in [2.05, 4.69) is 12.6 Å². The van der Waals surface area contributed by atoms with Crippen LogP contribution in [0, 0.1) is 6.92 Å². The van der Waals surface area contributed by atoms with E-state index in [9.17, 15) is 4.79 Å². The molecule has 2 nitrogen and oxygen atoms in total. The average molecular weight is 197 g/mol. The van der Waals surface area contributed by atoms with Gasteiger partial charge in [-0.25, -0.2) is 0 Å². The van der Waals surface area contributed by atoms with Gasteiger partial charge in [0, 0.05) is 18.3 Å². The van der Waals surface area contributed by atoms with Gasteiger partial charge in [0.2, 0.25) is 0 Å². The van der Waals surface area contributed by atoms with Crippen LogP contribution in [0.4, 0.5) is 0 Å². The highest BCUT2D eigenvalue weighted by Crippen LogP contribution is 1.98. The summed E-state index contributed by atoms with van der Waals surface area (Å²) in [6, 6.07) is 5.36. The maximum absolute atomic E-state index is 11.4. The van der Waals surface area contributed by atoms with E-state index in [1.54, 1.807) is 12.1 Å². The number of thiol groups is 1. The lowest BCUT2D eigenvalue weighted by Gasteiger charge is -2.07. The second-order valence-electron chi connectivity index (χ2n) is 3.09. The molecule has 0 saturated heterocycles. The van der Waals surface area contributed by atoms with Crippen molar-refractivity contribution < 1.29 is 0 Å². The first-order valence-corrected chi connectivity index (χ1v) is 5.16. The predicted octanol–water partition coefficient (Wildman–Crippen LogP) is 1.87. The molecule has 1 rings (SSSR count). The minimum Gasteiger partial charge on any atom is -0.313 e. The van der Waals surface area contributed by atoms with Gasteiger partial charge in [0.1, 0.15) is 0 Å². The van der Waals surface area contributed by atoms with Gasteiger partial charge in [-0.05, 0) is 31.6 Å². The van der Waals surface area contributed by atoms with Crippen LogP contribution in [0.3, 0.4) is 0 Å². The topological polar surface area (TPSA) is 22.0 Å². The average Bonchev–Trinajstić information content (AvgIpc) is 2.10. The summed E-state index contributed by atoms with van der Waals surface area (Å²) < 4.78 is 1.81. The van der Waals surface area contributed by atoms with Crippen molar-refractivity contribution in [3.05, 3.63) is 34.2 Å². The van der Waals surface area contributed by atoms with Crippen molar-refractivity contribution in [2.75, 3.05) is 5.75 Å². The molecule has 1 aromatic rings. The number of rotatable bonds is 4. The van der Waals surface area contributed by atoms with Crippen LogP contribution in [0.5, 0.6) is 0 Å². The van der Waals surface area contributed by atoms with Gasteiger partial charge in [-0.3, -0.25) is 4.79 Å². The lowest BCUT2D eigenvalue weighted by atomic mass is 10.3. The van der Waals surface area contributed by atoms with E-state index >= 15 is 0 Å². The number of hydrogen-bond donors (Lipinski definition) is 1. The molecule has 0 bridgehead atoms. The summed E-state index contributed by atoms with van der Waals surface area (Å²) in [5, 5.41) is 0. The van der Waals surface area contributed by atoms with E-state index in [0.29, 0.717) is 0 Å². The van der Waals surface area contributed by atoms with E-state index in [0.717, 1.165) is 30.8 Å². The molecular formula is C10H15NOS. The van der Waals surface area contributed by atoms with E-state index in [4.69, 9.17) is 0 Å². The lowest BCUT2D eigenvalue weighted by molar-refractivity contribution is 0.601. The summed E-state index contributed by atoms with van der Waals surface area (Å²) in [5.74, 6) is 0.890. The number of aromatic nitrogens is 1. The predicted molar refractivity (Wildman–Crippen MR) is 58.5 cm³/mol. The second kappa shape index (κ2) is 5.12. The Kier molecular flexibility index (Phi) is 4.09. The van der Waals surface area contributed by atoms with Gasteiger partial charge >= 0.3 is 0 Å². The lowest BCUT2D eigenvalue weighted by Crippen LogP contribution is -2.20. The maximum Gasteiger partial charge on any atom is 0.250 e. The molecule has 0 amide bonds. The van der Waals surface area contributed by atoms with E-state index in [1.165, 1.54) is 0 Å². The Morgan fingerprint density at radius 2 is 2.15 bits per heavy atom. The monoisotopic (exact) mass is 197 g/mol. The normalized spacial score (nSPS) is 10.3. The fourth-order valence-corrected chi connectivity index (χ4v) is 1.52. The van der Waals surface area contributed by atoms with Gasteiger partial charge in [-0.1, -0.05) is 6.07 Å². The molecule has 72 valence electrons. The molecule has 0 fully saturated rings.